The first-order chi connectivity index (χ1) is 7.92. The number of pyridine rings is 1. The average Bonchev–Trinajstić information content (AvgIpc) is 2.56. The van der Waals surface area contributed by atoms with E-state index >= 15 is 0 Å². The van der Waals surface area contributed by atoms with Crippen molar-refractivity contribution in [1.29, 1.82) is 0 Å². The summed E-state index contributed by atoms with van der Waals surface area (Å²) in [5.74, 6) is 1.47. The lowest BCUT2D eigenvalue weighted by molar-refractivity contribution is 0.377. The van der Waals surface area contributed by atoms with E-state index in [1.165, 1.54) is 44.1 Å². The second-order valence-corrected chi connectivity index (χ2v) is 4.87. The molecule has 88 valence electrons. The highest BCUT2D eigenvalue weighted by Gasteiger charge is 2.24. The summed E-state index contributed by atoms with van der Waals surface area (Å²) in [4.78, 5) is 4.25. The third-order valence-corrected chi connectivity index (χ3v) is 3.81. The van der Waals surface area contributed by atoms with Crippen molar-refractivity contribution in [3.8, 4) is 0 Å². The minimum Gasteiger partial charge on any atom is -0.330 e. The molecule has 2 unspecified atom stereocenters. The van der Waals surface area contributed by atoms with Crippen LogP contribution in [0.2, 0.25) is 0 Å². The van der Waals surface area contributed by atoms with Gasteiger partial charge in [-0.05, 0) is 49.3 Å². The maximum atomic E-state index is 5.74. The highest BCUT2D eigenvalue weighted by atomic mass is 14.6. The fourth-order valence-corrected chi connectivity index (χ4v) is 2.98. The third-order valence-electron chi connectivity index (χ3n) is 3.81. The Labute approximate surface area is 98.3 Å². The quantitative estimate of drug-likeness (QED) is 0.792. The van der Waals surface area contributed by atoms with E-state index in [2.05, 4.69) is 17.1 Å². The molecular formula is C14H22N2. The van der Waals surface area contributed by atoms with Gasteiger partial charge in [-0.1, -0.05) is 25.3 Å². The van der Waals surface area contributed by atoms with Crippen LogP contribution in [0.1, 0.15) is 50.0 Å². The van der Waals surface area contributed by atoms with Gasteiger partial charge < -0.3 is 5.73 Å². The van der Waals surface area contributed by atoms with Crippen LogP contribution in [0.25, 0.3) is 0 Å². The van der Waals surface area contributed by atoms with Crippen molar-refractivity contribution < 1.29 is 0 Å². The van der Waals surface area contributed by atoms with Crippen LogP contribution in [-0.4, -0.2) is 11.5 Å². The lowest BCUT2D eigenvalue weighted by Crippen LogP contribution is -2.16. The summed E-state index contributed by atoms with van der Waals surface area (Å²) in [6.45, 7) is 0.821. The number of aromatic nitrogens is 1. The van der Waals surface area contributed by atoms with E-state index in [-0.39, 0.29) is 0 Å². The van der Waals surface area contributed by atoms with E-state index in [1.54, 1.807) is 0 Å². The molecule has 1 fully saturated rings. The predicted octanol–water partition coefficient (Wildman–Crippen LogP) is 3.09. The molecule has 1 aliphatic carbocycles. The first-order valence-corrected chi connectivity index (χ1v) is 6.52. The molecule has 0 spiro atoms. The Kier molecular flexibility index (Phi) is 4.34. The van der Waals surface area contributed by atoms with E-state index in [4.69, 9.17) is 5.73 Å². The van der Waals surface area contributed by atoms with Crippen LogP contribution < -0.4 is 5.73 Å². The summed E-state index contributed by atoms with van der Waals surface area (Å²) in [6, 6.07) is 4.28. The summed E-state index contributed by atoms with van der Waals surface area (Å²) in [6.07, 6.45) is 11.9. The standard InChI is InChI=1S/C14H22N2/c15-9-8-12-5-2-1-3-7-14(12)13-6-4-10-16-11-13/h4,6,10-12,14H,1-3,5,7-9,15H2. The monoisotopic (exact) mass is 218 g/mol. The van der Waals surface area contributed by atoms with Gasteiger partial charge in [0.15, 0.2) is 0 Å². The molecule has 16 heavy (non-hydrogen) atoms. The number of nitrogens with two attached hydrogens (primary N) is 1. The molecule has 1 aromatic heterocycles. The summed E-state index contributed by atoms with van der Waals surface area (Å²) >= 11 is 0. The highest BCUT2D eigenvalue weighted by molar-refractivity contribution is 5.16. The van der Waals surface area contributed by atoms with E-state index in [1.807, 2.05) is 12.4 Å². The van der Waals surface area contributed by atoms with Gasteiger partial charge in [0.1, 0.15) is 0 Å². The number of rotatable bonds is 3. The Morgan fingerprint density at radius 3 is 2.88 bits per heavy atom. The first-order valence-electron chi connectivity index (χ1n) is 6.52. The number of nitrogens with zero attached hydrogens (tertiary/aromatic N) is 1. The van der Waals surface area contributed by atoms with Crippen LogP contribution in [0.5, 0.6) is 0 Å². The fourth-order valence-electron chi connectivity index (χ4n) is 2.98. The largest absolute Gasteiger partial charge is 0.330 e. The minimum absolute atomic E-state index is 0.694. The van der Waals surface area contributed by atoms with Crippen molar-refractivity contribution in [2.24, 2.45) is 11.7 Å². The van der Waals surface area contributed by atoms with E-state index in [0.29, 0.717) is 5.92 Å². The Bertz CT molecular complexity index is 297. The fraction of sp³-hybridized carbons (Fsp3) is 0.643. The normalized spacial score (nSPS) is 26.3. The maximum absolute atomic E-state index is 5.74. The van der Waals surface area contributed by atoms with Crippen molar-refractivity contribution in [3.63, 3.8) is 0 Å². The molecule has 0 aliphatic heterocycles. The molecule has 0 aromatic carbocycles. The molecule has 2 nitrogen and oxygen atoms in total. The molecule has 2 rings (SSSR count). The van der Waals surface area contributed by atoms with Crippen molar-refractivity contribution in [1.82, 2.24) is 4.98 Å². The second-order valence-electron chi connectivity index (χ2n) is 4.87. The van der Waals surface area contributed by atoms with Crippen molar-refractivity contribution in [2.45, 2.75) is 44.4 Å². The predicted molar refractivity (Wildman–Crippen MR) is 67.2 cm³/mol. The molecule has 2 atom stereocenters. The number of hydrogen-bond acceptors (Lipinski definition) is 2. The molecule has 2 heteroatoms. The summed E-state index contributed by atoms with van der Waals surface area (Å²) < 4.78 is 0. The Morgan fingerprint density at radius 2 is 2.12 bits per heavy atom. The first kappa shape index (κ1) is 11.6. The summed E-state index contributed by atoms with van der Waals surface area (Å²) in [5.41, 5.74) is 7.15. The Morgan fingerprint density at radius 1 is 1.25 bits per heavy atom. The van der Waals surface area contributed by atoms with Crippen molar-refractivity contribution >= 4 is 0 Å². The van der Waals surface area contributed by atoms with Gasteiger partial charge in [0, 0.05) is 12.4 Å². The highest BCUT2D eigenvalue weighted by Crippen LogP contribution is 2.37. The Hall–Kier alpha value is -0.890. The molecule has 1 aliphatic rings. The maximum Gasteiger partial charge on any atom is 0.0302 e. The molecule has 0 bridgehead atoms. The van der Waals surface area contributed by atoms with Crippen LogP contribution >= 0.6 is 0 Å². The molecule has 0 amide bonds. The molecule has 1 saturated carbocycles. The molecule has 2 N–H and O–H groups in total. The zero-order valence-electron chi connectivity index (χ0n) is 9.94. The summed E-state index contributed by atoms with van der Waals surface area (Å²) in [5, 5.41) is 0. The van der Waals surface area contributed by atoms with Gasteiger partial charge in [-0.25, -0.2) is 0 Å². The number of hydrogen-bond donors (Lipinski definition) is 1. The van der Waals surface area contributed by atoms with Crippen LogP contribution in [-0.2, 0) is 0 Å². The lowest BCUT2D eigenvalue weighted by Gasteiger charge is -2.24. The van der Waals surface area contributed by atoms with Gasteiger partial charge in [0.05, 0.1) is 0 Å². The third kappa shape index (κ3) is 2.82. The Balaban J connectivity index is 2.14. The lowest BCUT2D eigenvalue weighted by atomic mass is 9.81. The van der Waals surface area contributed by atoms with Gasteiger partial charge >= 0.3 is 0 Å². The van der Waals surface area contributed by atoms with Crippen LogP contribution in [0.15, 0.2) is 24.5 Å². The minimum atomic E-state index is 0.694. The van der Waals surface area contributed by atoms with E-state index in [0.717, 1.165) is 12.5 Å². The van der Waals surface area contributed by atoms with Gasteiger partial charge in [0.2, 0.25) is 0 Å². The zero-order valence-corrected chi connectivity index (χ0v) is 9.94. The second kappa shape index (κ2) is 6.00. The van der Waals surface area contributed by atoms with Crippen LogP contribution in [0.3, 0.4) is 0 Å². The molecule has 1 aromatic rings. The van der Waals surface area contributed by atoms with Gasteiger partial charge in [-0.3, -0.25) is 4.98 Å². The smallest absolute Gasteiger partial charge is 0.0302 e. The average molecular weight is 218 g/mol. The molecule has 0 saturated heterocycles. The van der Waals surface area contributed by atoms with Gasteiger partial charge in [-0.15, -0.1) is 0 Å². The van der Waals surface area contributed by atoms with Gasteiger partial charge in [0.25, 0.3) is 0 Å². The summed E-state index contributed by atoms with van der Waals surface area (Å²) in [7, 11) is 0. The van der Waals surface area contributed by atoms with E-state index < -0.39 is 0 Å². The zero-order chi connectivity index (χ0) is 11.2. The van der Waals surface area contributed by atoms with Crippen LogP contribution in [0.4, 0.5) is 0 Å². The van der Waals surface area contributed by atoms with Crippen LogP contribution in [0, 0.1) is 5.92 Å². The van der Waals surface area contributed by atoms with E-state index in [9.17, 15) is 0 Å². The molecule has 0 radical (unpaired) electrons. The molecule has 1 heterocycles. The topological polar surface area (TPSA) is 38.9 Å². The molecular weight excluding hydrogens is 196 g/mol. The van der Waals surface area contributed by atoms with Crippen molar-refractivity contribution in [2.75, 3.05) is 6.54 Å². The van der Waals surface area contributed by atoms with Gasteiger partial charge in [-0.2, -0.15) is 0 Å². The van der Waals surface area contributed by atoms with Crippen molar-refractivity contribution in [3.05, 3.63) is 30.1 Å². The SMILES string of the molecule is NCCC1CCCCCC1c1cccnc1.